The van der Waals surface area contributed by atoms with Crippen molar-refractivity contribution in [3.63, 3.8) is 0 Å². The zero-order valence-electron chi connectivity index (χ0n) is 15.5. The van der Waals surface area contributed by atoms with Gasteiger partial charge in [-0.05, 0) is 11.1 Å². The summed E-state index contributed by atoms with van der Waals surface area (Å²) >= 11 is 0. The van der Waals surface area contributed by atoms with E-state index in [0.29, 0.717) is 6.54 Å². The third kappa shape index (κ3) is 5.72. The van der Waals surface area contributed by atoms with Crippen LogP contribution in [0.4, 0.5) is 9.59 Å². The highest BCUT2D eigenvalue weighted by molar-refractivity contribution is 5.68. The van der Waals surface area contributed by atoms with E-state index in [2.05, 4.69) is 5.32 Å². The molecule has 2 aromatic carbocycles. The number of alkyl carbamates (subject to hydrolysis) is 1. The maximum atomic E-state index is 12.2. The molecule has 0 aliphatic carbocycles. The first-order chi connectivity index (χ1) is 13.6. The van der Waals surface area contributed by atoms with Gasteiger partial charge in [0.2, 0.25) is 0 Å². The number of amides is 2. The molecule has 1 aliphatic rings. The molecule has 2 aromatic rings. The normalized spacial score (nSPS) is 18.5. The minimum absolute atomic E-state index is 0.178. The molecule has 1 aliphatic heterocycles. The summed E-state index contributed by atoms with van der Waals surface area (Å²) in [6.07, 6.45) is -1.75. The number of β-amino-alcohol motifs (C(OH)–C–C–N with tert-alkyl or cyclic N) is 1. The number of likely N-dealkylation sites (tertiary alicyclic amines) is 1. The molecular formula is C21H24N2O5. The fraction of sp³-hybridized carbons (Fsp3) is 0.333. The SMILES string of the molecule is O=C(NCC1CN(C(=O)OCc2ccccc2)CC1O)OCc1ccccc1. The van der Waals surface area contributed by atoms with Gasteiger partial charge in [-0.2, -0.15) is 0 Å². The Bertz CT molecular complexity index is 769. The maximum absolute atomic E-state index is 12.2. The second-order valence-corrected chi connectivity index (χ2v) is 6.72. The van der Waals surface area contributed by atoms with E-state index in [1.165, 1.54) is 4.90 Å². The number of carbonyl (C=O) groups is 2. The first kappa shape index (κ1) is 19.7. The zero-order chi connectivity index (χ0) is 19.8. The molecule has 0 bridgehead atoms. The van der Waals surface area contributed by atoms with E-state index in [4.69, 9.17) is 9.47 Å². The van der Waals surface area contributed by atoms with Crippen molar-refractivity contribution in [2.24, 2.45) is 5.92 Å². The molecule has 28 heavy (non-hydrogen) atoms. The fourth-order valence-corrected chi connectivity index (χ4v) is 3.00. The van der Waals surface area contributed by atoms with Crippen molar-refractivity contribution in [2.45, 2.75) is 19.3 Å². The highest BCUT2D eigenvalue weighted by Gasteiger charge is 2.35. The van der Waals surface area contributed by atoms with Crippen LogP contribution in [0.25, 0.3) is 0 Å². The molecule has 1 saturated heterocycles. The summed E-state index contributed by atoms with van der Waals surface area (Å²) in [5.41, 5.74) is 1.79. The highest BCUT2D eigenvalue weighted by Crippen LogP contribution is 2.18. The van der Waals surface area contributed by atoms with Crippen LogP contribution >= 0.6 is 0 Å². The third-order valence-electron chi connectivity index (χ3n) is 4.59. The number of benzene rings is 2. The molecule has 0 saturated carbocycles. The molecule has 3 rings (SSSR count). The molecule has 148 valence electrons. The van der Waals surface area contributed by atoms with Crippen molar-refractivity contribution in [3.8, 4) is 0 Å². The summed E-state index contributed by atoms with van der Waals surface area (Å²) in [6, 6.07) is 18.8. The third-order valence-corrected chi connectivity index (χ3v) is 4.59. The smallest absolute Gasteiger partial charge is 0.410 e. The predicted octanol–water partition coefficient (Wildman–Crippen LogP) is 2.54. The standard InChI is InChI=1S/C21H24N2O5/c24-19-13-23(21(26)28-15-17-9-5-2-6-10-17)12-18(19)11-22-20(25)27-14-16-7-3-1-4-8-16/h1-10,18-19,24H,11-15H2,(H,22,25). The average Bonchev–Trinajstić information content (AvgIpc) is 3.11. The molecule has 2 atom stereocenters. The quantitative estimate of drug-likeness (QED) is 0.799. The van der Waals surface area contributed by atoms with Gasteiger partial charge < -0.3 is 24.8 Å². The average molecular weight is 384 g/mol. The number of carbonyl (C=O) groups excluding carboxylic acids is 2. The Morgan fingerprint density at radius 3 is 2.11 bits per heavy atom. The molecular weight excluding hydrogens is 360 g/mol. The molecule has 0 aromatic heterocycles. The Hall–Kier alpha value is -3.06. The van der Waals surface area contributed by atoms with Gasteiger partial charge in [-0.25, -0.2) is 9.59 Å². The van der Waals surface area contributed by atoms with E-state index in [9.17, 15) is 14.7 Å². The summed E-state index contributed by atoms with van der Waals surface area (Å²) in [5, 5.41) is 12.8. The van der Waals surface area contributed by atoms with Gasteiger partial charge in [-0.15, -0.1) is 0 Å². The van der Waals surface area contributed by atoms with Gasteiger partial charge in [0.25, 0.3) is 0 Å². The molecule has 7 nitrogen and oxygen atoms in total. The summed E-state index contributed by atoms with van der Waals surface area (Å²) in [6.45, 7) is 1.07. The number of rotatable bonds is 6. The van der Waals surface area contributed by atoms with Gasteiger partial charge in [0.05, 0.1) is 12.6 Å². The fourth-order valence-electron chi connectivity index (χ4n) is 3.00. The summed E-state index contributed by atoms with van der Waals surface area (Å²) < 4.78 is 10.4. The lowest BCUT2D eigenvalue weighted by Crippen LogP contribution is -2.35. The molecule has 2 unspecified atom stereocenters. The van der Waals surface area contributed by atoms with Gasteiger partial charge in [-0.1, -0.05) is 60.7 Å². The van der Waals surface area contributed by atoms with E-state index in [1.807, 2.05) is 60.7 Å². The molecule has 7 heteroatoms. The van der Waals surface area contributed by atoms with Crippen LogP contribution in [-0.2, 0) is 22.7 Å². The van der Waals surface area contributed by atoms with Crippen molar-refractivity contribution in [3.05, 3.63) is 71.8 Å². The largest absolute Gasteiger partial charge is 0.445 e. The Morgan fingerprint density at radius 1 is 0.929 bits per heavy atom. The first-order valence-electron chi connectivity index (χ1n) is 9.20. The molecule has 2 amide bonds. The predicted molar refractivity (Wildman–Crippen MR) is 102 cm³/mol. The molecule has 1 heterocycles. The molecule has 2 N–H and O–H groups in total. The van der Waals surface area contributed by atoms with E-state index in [0.717, 1.165) is 11.1 Å². The second kappa shape index (κ2) is 9.75. The zero-order valence-corrected chi connectivity index (χ0v) is 15.5. The van der Waals surface area contributed by atoms with Crippen LogP contribution in [0, 0.1) is 5.92 Å². The highest BCUT2D eigenvalue weighted by atomic mass is 16.6. The number of ether oxygens (including phenoxy) is 2. The first-order valence-corrected chi connectivity index (χ1v) is 9.20. The van der Waals surface area contributed by atoms with Crippen molar-refractivity contribution < 1.29 is 24.2 Å². The lowest BCUT2D eigenvalue weighted by Gasteiger charge is -2.16. The number of aliphatic hydroxyl groups is 1. The summed E-state index contributed by atoms with van der Waals surface area (Å²) in [5.74, 6) is -0.270. The van der Waals surface area contributed by atoms with Crippen LogP contribution in [-0.4, -0.2) is 47.9 Å². The monoisotopic (exact) mass is 384 g/mol. The number of hydrogen-bond acceptors (Lipinski definition) is 5. The van der Waals surface area contributed by atoms with Crippen LogP contribution in [0.2, 0.25) is 0 Å². The van der Waals surface area contributed by atoms with Gasteiger partial charge >= 0.3 is 12.2 Å². The number of hydrogen-bond donors (Lipinski definition) is 2. The van der Waals surface area contributed by atoms with Crippen molar-refractivity contribution in [1.29, 1.82) is 0 Å². The number of nitrogens with one attached hydrogen (secondary N) is 1. The Labute approximate surface area is 163 Å². The van der Waals surface area contributed by atoms with E-state index in [1.54, 1.807) is 0 Å². The van der Waals surface area contributed by atoms with Crippen molar-refractivity contribution >= 4 is 12.2 Å². The van der Waals surface area contributed by atoms with E-state index >= 15 is 0 Å². The maximum Gasteiger partial charge on any atom is 0.410 e. The Morgan fingerprint density at radius 2 is 1.50 bits per heavy atom. The summed E-state index contributed by atoms with van der Waals surface area (Å²) in [7, 11) is 0. The molecule has 0 radical (unpaired) electrons. The van der Waals surface area contributed by atoms with Crippen LogP contribution in [0.15, 0.2) is 60.7 Å². The Balaban J connectivity index is 1.38. The number of nitrogens with zero attached hydrogens (tertiary/aromatic N) is 1. The lowest BCUT2D eigenvalue weighted by atomic mass is 10.1. The van der Waals surface area contributed by atoms with E-state index < -0.39 is 18.3 Å². The van der Waals surface area contributed by atoms with E-state index in [-0.39, 0.29) is 32.2 Å². The Kier molecular flexibility index (Phi) is 6.86. The van der Waals surface area contributed by atoms with Gasteiger partial charge in [-0.3, -0.25) is 0 Å². The van der Waals surface area contributed by atoms with Crippen LogP contribution < -0.4 is 5.32 Å². The minimum atomic E-state index is -0.723. The number of aliphatic hydroxyl groups excluding tert-OH is 1. The van der Waals surface area contributed by atoms with Crippen LogP contribution in [0.5, 0.6) is 0 Å². The lowest BCUT2D eigenvalue weighted by molar-refractivity contribution is 0.0965. The van der Waals surface area contributed by atoms with Gasteiger partial charge in [0.15, 0.2) is 0 Å². The summed E-state index contributed by atoms with van der Waals surface area (Å²) in [4.78, 5) is 25.5. The van der Waals surface area contributed by atoms with Crippen molar-refractivity contribution in [1.82, 2.24) is 10.2 Å². The van der Waals surface area contributed by atoms with Crippen LogP contribution in [0.3, 0.4) is 0 Å². The van der Waals surface area contributed by atoms with Crippen molar-refractivity contribution in [2.75, 3.05) is 19.6 Å². The molecule has 0 spiro atoms. The topological polar surface area (TPSA) is 88.1 Å². The van der Waals surface area contributed by atoms with Gasteiger partial charge in [0, 0.05) is 19.0 Å². The van der Waals surface area contributed by atoms with Crippen LogP contribution in [0.1, 0.15) is 11.1 Å². The minimum Gasteiger partial charge on any atom is -0.445 e. The molecule has 1 fully saturated rings. The van der Waals surface area contributed by atoms with Gasteiger partial charge in [0.1, 0.15) is 13.2 Å². The second-order valence-electron chi connectivity index (χ2n) is 6.72.